The quantitative estimate of drug-likeness (QED) is 0.0224. The molecule has 8 amide bonds. The largest absolute Gasteiger partial charge is 0.445 e. The number of nitrogens with two attached hydrogens (primary N) is 1. The highest BCUT2D eigenvalue weighted by molar-refractivity contribution is 7.09. The van der Waals surface area contributed by atoms with Crippen molar-refractivity contribution >= 4 is 82.0 Å². The summed E-state index contributed by atoms with van der Waals surface area (Å²) in [5.74, 6) is -6.49. The van der Waals surface area contributed by atoms with Crippen LogP contribution in [0.2, 0.25) is 0 Å². The lowest BCUT2D eigenvalue weighted by Gasteiger charge is -2.41. The highest BCUT2D eigenvalue weighted by atomic mass is 32.1. The molecule has 1 fully saturated rings. The number of carbonyl (C=O) groups is 11. The smallest absolute Gasteiger partial charge is 0.408 e. The number of benzene rings is 3. The van der Waals surface area contributed by atoms with Gasteiger partial charge in [-0.05, 0) is 126 Å². The summed E-state index contributed by atoms with van der Waals surface area (Å²) in [4.78, 5) is 160. The number of carbonyl (C=O) groups excluding carboxylic acids is 11. The number of rotatable bonds is 45. The molecule has 0 bridgehead atoms. The van der Waals surface area contributed by atoms with Gasteiger partial charge in [0.15, 0.2) is 11.6 Å². The average Bonchev–Trinajstić information content (AvgIpc) is 1.42. The summed E-state index contributed by atoms with van der Waals surface area (Å²) >= 11 is 1.53. The van der Waals surface area contributed by atoms with Crippen LogP contribution in [0.3, 0.4) is 0 Å². The molecule has 1 aromatic heterocycles. The van der Waals surface area contributed by atoms with Crippen LogP contribution in [0.5, 0.6) is 0 Å². The van der Waals surface area contributed by atoms with E-state index in [-0.39, 0.29) is 118 Å². The van der Waals surface area contributed by atoms with Gasteiger partial charge >= 0.3 is 18.2 Å². The number of Topliss-reactive ketones (excluding diaryl/α,β-unsaturated/α-hetero) is 4. The topological polar surface area (TPSA) is 330 Å². The maximum atomic E-state index is 14.9. The van der Waals surface area contributed by atoms with Gasteiger partial charge < -0.3 is 61.1 Å². The van der Waals surface area contributed by atoms with Gasteiger partial charge in [-0.25, -0.2) is 19.4 Å². The van der Waals surface area contributed by atoms with E-state index in [0.29, 0.717) is 56.3 Å². The minimum Gasteiger partial charge on any atom is -0.445 e. The molecule has 5 rings (SSSR count). The molecule has 106 heavy (non-hydrogen) atoms. The average molecular weight is 1490 g/mol. The Labute approximate surface area is 631 Å². The number of ether oxygens (including phenoxy) is 4. The number of likely N-dealkylation sites (N-methyl/N-ethyl adjacent to an activating group) is 1. The number of likely N-dealkylation sites (tertiary alicyclic amines) is 1. The standard InChI is InChI=1S/C81H119N9O15S/c1-16-53(6)71(67(102-14)49-69(95)90-41-26-33-64(90)72(103-15)54(7)65(92)47-60(75-83-40-42-106-75)43-55-27-19-17-20-28-55)89(13)76(98)63(51(2)3)48-68(94)81(11,12)88-79(101)104-50-57-34-36-61(37-35-57)86-73(96)59(32-25-39-84-77(82)99)46-66(93)70(52(4)5)87-74(97)58(45-62(91)44-56-29-21-18-22-30-56)31-23-24-38-85-78(100)105-80(8,9)10/h17-22,27-30,34-37,40,42,51-54,58-60,63-64,67,70-72H,16,23-26,31-33,38-39,41,43-50H2,1-15H3,(H,85,100)(H,86,96)(H,87,97)(H,88,101)(H3,82,84,99)/t53-,54-,58+,59+,60+,63-,64-,67+,70-,71-,72+/m0/s1. The fourth-order valence-electron chi connectivity index (χ4n) is 13.8. The van der Waals surface area contributed by atoms with Gasteiger partial charge in [-0.3, -0.25) is 38.4 Å². The summed E-state index contributed by atoms with van der Waals surface area (Å²) in [7, 11) is 4.80. The van der Waals surface area contributed by atoms with Crippen LogP contribution in [0.1, 0.15) is 194 Å². The Morgan fingerprint density at radius 3 is 1.92 bits per heavy atom. The van der Waals surface area contributed by atoms with E-state index in [2.05, 4.69) is 43.7 Å². The summed E-state index contributed by atoms with van der Waals surface area (Å²) in [5.41, 5.74) is 5.96. The van der Waals surface area contributed by atoms with Gasteiger partial charge in [-0.15, -0.1) is 11.3 Å². The van der Waals surface area contributed by atoms with Gasteiger partial charge in [0.25, 0.3) is 0 Å². The number of alkyl carbamates (subject to hydrolysis) is 2. The van der Waals surface area contributed by atoms with Crippen molar-refractivity contribution < 1.29 is 71.7 Å². The second kappa shape index (κ2) is 43.4. The minimum absolute atomic E-state index is 0.0307. The molecule has 584 valence electrons. The van der Waals surface area contributed by atoms with Crippen LogP contribution in [0.4, 0.5) is 20.1 Å². The van der Waals surface area contributed by atoms with Gasteiger partial charge in [0.2, 0.25) is 23.6 Å². The summed E-state index contributed by atoms with van der Waals surface area (Å²) in [6, 6.07) is 22.9. The van der Waals surface area contributed by atoms with Crippen LogP contribution in [0, 0.1) is 41.4 Å². The Balaban J connectivity index is 1.18. The first-order valence-electron chi connectivity index (χ1n) is 37.5. The number of ketones is 4. The normalized spacial score (nSPS) is 16.0. The molecular formula is C81H119N9O15S. The number of aromatic nitrogens is 1. The predicted octanol–water partition coefficient (Wildman–Crippen LogP) is 11.9. The van der Waals surface area contributed by atoms with E-state index in [0.717, 1.165) is 22.6 Å². The monoisotopic (exact) mass is 1490 g/mol. The van der Waals surface area contributed by atoms with Crippen molar-refractivity contribution in [2.45, 2.75) is 233 Å². The zero-order valence-corrected chi connectivity index (χ0v) is 65.9. The van der Waals surface area contributed by atoms with Gasteiger partial charge in [-0.2, -0.15) is 0 Å². The SMILES string of the molecule is CC[C@H](C)[C@@H]([C@@H](CC(=O)N1CCC[C@H]1[C@H](OC)[C@@H](C)C(=O)C[C@@H](Cc1ccccc1)c1nccs1)OC)N(C)C(=O)[C@@H](CC(=O)C(C)(C)NC(=O)OCc1ccc(NC(=O)[C@H](CCCNC(N)=O)CC(=O)[C@@H](NC(=O)[C@H](CCCCNC(=O)OC(C)(C)C)CC(=O)Cc2ccccc2)C(C)C)cc1)C(C)C. The maximum Gasteiger partial charge on any atom is 0.408 e. The zero-order valence-electron chi connectivity index (χ0n) is 65.1. The molecule has 0 spiro atoms. The summed E-state index contributed by atoms with van der Waals surface area (Å²) in [5, 5.41) is 16.5. The first-order valence-corrected chi connectivity index (χ1v) is 38.4. The van der Waals surface area contributed by atoms with Crippen molar-refractivity contribution in [3.8, 4) is 0 Å². The molecule has 2 heterocycles. The Morgan fingerprint density at radius 2 is 1.33 bits per heavy atom. The molecule has 4 aromatic rings. The van der Waals surface area contributed by atoms with Crippen molar-refractivity contribution in [2.75, 3.05) is 46.2 Å². The van der Waals surface area contributed by atoms with Crippen molar-refractivity contribution in [1.82, 2.24) is 36.1 Å². The van der Waals surface area contributed by atoms with Crippen molar-refractivity contribution in [3.05, 3.63) is 118 Å². The van der Waals surface area contributed by atoms with Gasteiger partial charge in [-0.1, -0.05) is 134 Å². The van der Waals surface area contributed by atoms with E-state index in [9.17, 15) is 52.7 Å². The second-order valence-electron chi connectivity index (χ2n) is 30.6. The van der Waals surface area contributed by atoms with Crippen LogP contribution < -0.4 is 32.3 Å². The van der Waals surface area contributed by atoms with Crippen molar-refractivity contribution in [2.24, 2.45) is 47.2 Å². The second-order valence-corrected chi connectivity index (χ2v) is 31.5. The molecule has 3 aromatic carbocycles. The highest BCUT2D eigenvalue weighted by Gasteiger charge is 2.44. The number of hydrogen-bond donors (Lipinski definition) is 6. The molecular weight excluding hydrogens is 1370 g/mol. The van der Waals surface area contributed by atoms with Gasteiger partial charge in [0.05, 0.1) is 47.3 Å². The molecule has 1 saturated heterocycles. The lowest BCUT2D eigenvalue weighted by molar-refractivity contribution is -0.149. The lowest BCUT2D eigenvalue weighted by Crippen LogP contribution is -2.55. The lowest BCUT2D eigenvalue weighted by atomic mass is 9.83. The molecule has 1 aliphatic heterocycles. The third-order valence-electron chi connectivity index (χ3n) is 20.1. The van der Waals surface area contributed by atoms with E-state index >= 15 is 0 Å². The number of methoxy groups -OCH3 is 2. The van der Waals surface area contributed by atoms with Crippen LogP contribution in [-0.2, 0) is 76.8 Å². The molecule has 0 unspecified atom stereocenters. The van der Waals surface area contributed by atoms with Crippen LogP contribution >= 0.6 is 11.3 Å². The van der Waals surface area contributed by atoms with Gasteiger partial charge in [0.1, 0.15) is 23.8 Å². The zero-order chi connectivity index (χ0) is 78.4. The molecule has 7 N–H and O–H groups in total. The summed E-state index contributed by atoms with van der Waals surface area (Å²) in [6.45, 7) is 22.2. The Hall–Kier alpha value is -8.42. The first-order chi connectivity index (χ1) is 50.2. The summed E-state index contributed by atoms with van der Waals surface area (Å²) in [6.07, 6.45) is 3.14. The first kappa shape index (κ1) is 88.2. The number of primary amides is 1. The number of thiazole rings is 1. The van der Waals surface area contributed by atoms with E-state index < -0.39 is 107 Å². The number of anilines is 1. The van der Waals surface area contributed by atoms with E-state index in [1.165, 1.54) is 18.4 Å². The summed E-state index contributed by atoms with van der Waals surface area (Å²) < 4.78 is 23.2. The Morgan fingerprint density at radius 1 is 0.698 bits per heavy atom. The van der Waals surface area contributed by atoms with Crippen molar-refractivity contribution in [3.63, 3.8) is 0 Å². The Bertz CT molecular complexity index is 3480. The third kappa shape index (κ3) is 28.7. The number of hydrogen-bond acceptors (Lipinski definition) is 17. The number of nitrogens with one attached hydrogen (secondary N) is 5. The number of urea groups is 1. The van der Waals surface area contributed by atoms with E-state index in [4.69, 9.17) is 24.7 Å². The third-order valence-corrected chi connectivity index (χ3v) is 21.0. The highest BCUT2D eigenvalue weighted by Crippen LogP contribution is 2.35. The molecule has 0 saturated carbocycles. The Kier molecular flexibility index (Phi) is 36.1. The fraction of sp³-hybridized carbons (Fsp3) is 0.605. The predicted molar refractivity (Wildman–Crippen MR) is 409 cm³/mol. The van der Waals surface area contributed by atoms with Crippen LogP contribution in [-0.4, -0.2) is 162 Å². The molecule has 25 heteroatoms. The molecule has 0 radical (unpaired) electrons. The number of unbranched alkanes of at least 4 members (excludes halogenated alkanes) is 1. The minimum atomic E-state index is -1.49. The van der Waals surface area contributed by atoms with Crippen LogP contribution in [0.25, 0.3) is 0 Å². The van der Waals surface area contributed by atoms with E-state index in [1.54, 1.807) is 98.0 Å². The number of nitrogens with zero attached hydrogens (tertiary/aromatic N) is 3. The van der Waals surface area contributed by atoms with Gasteiger partial charge in [0, 0.05) is 120 Å². The molecule has 11 atom stereocenters. The van der Waals surface area contributed by atoms with E-state index in [1.807, 2.05) is 93.4 Å². The van der Waals surface area contributed by atoms with Crippen molar-refractivity contribution in [1.29, 1.82) is 0 Å². The molecule has 24 nitrogen and oxygen atoms in total. The maximum absolute atomic E-state index is 14.9. The fourth-order valence-corrected chi connectivity index (χ4v) is 14.5. The van der Waals surface area contributed by atoms with Crippen LogP contribution in [0.15, 0.2) is 96.5 Å². The number of amides is 8. The molecule has 0 aliphatic carbocycles. The molecule has 1 aliphatic rings.